The fraction of sp³-hybridized carbons (Fsp3) is 0.562. The van der Waals surface area contributed by atoms with E-state index in [1.807, 2.05) is 11.8 Å². The van der Waals surface area contributed by atoms with Gasteiger partial charge in [-0.1, -0.05) is 24.6 Å². The van der Waals surface area contributed by atoms with E-state index in [1.165, 1.54) is 12.1 Å². The summed E-state index contributed by atoms with van der Waals surface area (Å²) in [5.41, 5.74) is 0. The first-order valence-electron chi connectivity index (χ1n) is 8.28. The summed E-state index contributed by atoms with van der Waals surface area (Å²) in [6.07, 6.45) is 1.14. The Labute approximate surface area is 182 Å². The van der Waals surface area contributed by atoms with Crippen LogP contribution in [-0.4, -0.2) is 63.5 Å². The van der Waals surface area contributed by atoms with Crippen LogP contribution in [0.4, 0.5) is 0 Å². The Bertz CT molecular complexity index is 703. The van der Waals surface area contributed by atoms with E-state index in [2.05, 4.69) is 26.9 Å². The molecule has 1 fully saturated rings. The summed E-state index contributed by atoms with van der Waals surface area (Å²) >= 11 is 7.85. The summed E-state index contributed by atoms with van der Waals surface area (Å²) in [6.45, 7) is 4.85. The van der Waals surface area contributed by atoms with E-state index in [9.17, 15) is 8.42 Å². The van der Waals surface area contributed by atoms with Crippen molar-refractivity contribution in [3.8, 4) is 0 Å². The molecule has 1 saturated heterocycles. The maximum Gasteiger partial charge on any atom is 0.240 e. The van der Waals surface area contributed by atoms with Crippen LogP contribution in [-0.2, 0) is 10.0 Å². The number of halogens is 2. The van der Waals surface area contributed by atoms with E-state index in [1.54, 1.807) is 19.2 Å². The molecule has 26 heavy (non-hydrogen) atoms. The Balaban J connectivity index is 0.00000338. The van der Waals surface area contributed by atoms with Gasteiger partial charge in [0.25, 0.3) is 0 Å². The SMILES string of the molecule is CCC1CN(C(=NC)NCCNS(=O)(=O)c2cccc(Cl)c2)CCS1.I. The van der Waals surface area contributed by atoms with Gasteiger partial charge in [-0.15, -0.1) is 24.0 Å². The maximum absolute atomic E-state index is 12.2. The van der Waals surface area contributed by atoms with E-state index < -0.39 is 10.0 Å². The van der Waals surface area contributed by atoms with Crippen LogP contribution in [0.5, 0.6) is 0 Å². The molecule has 1 unspecified atom stereocenters. The molecule has 0 bridgehead atoms. The third-order valence-corrected chi connectivity index (χ3v) is 6.98. The second-order valence-electron chi connectivity index (χ2n) is 5.68. The van der Waals surface area contributed by atoms with Gasteiger partial charge in [-0.2, -0.15) is 11.8 Å². The summed E-state index contributed by atoms with van der Waals surface area (Å²) in [5.74, 6) is 1.90. The summed E-state index contributed by atoms with van der Waals surface area (Å²) in [7, 11) is -1.81. The fourth-order valence-electron chi connectivity index (χ4n) is 2.57. The van der Waals surface area contributed by atoms with Gasteiger partial charge in [0, 0.05) is 49.3 Å². The molecule has 148 valence electrons. The third kappa shape index (κ3) is 7.06. The molecule has 0 aliphatic carbocycles. The number of rotatable bonds is 6. The Morgan fingerprint density at radius 3 is 2.85 bits per heavy atom. The highest BCUT2D eigenvalue weighted by molar-refractivity contribution is 14.0. The lowest BCUT2D eigenvalue weighted by atomic mass is 10.3. The van der Waals surface area contributed by atoms with Crippen LogP contribution >= 0.6 is 47.3 Å². The lowest BCUT2D eigenvalue weighted by molar-refractivity contribution is 0.408. The Morgan fingerprint density at radius 1 is 1.42 bits per heavy atom. The van der Waals surface area contributed by atoms with Gasteiger partial charge in [0.15, 0.2) is 5.96 Å². The molecule has 1 aliphatic heterocycles. The number of aliphatic imine (C=N–C) groups is 1. The molecule has 1 aromatic carbocycles. The zero-order valence-electron chi connectivity index (χ0n) is 14.9. The van der Waals surface area contributed by atoms with Crippen molar-refractivity contribution < 1.29 is 8.42 Å². The molecule has 0 saturated carbocycles. The lowest BCUT2D eigenvalue weighted by Crippen LogP contribution is -2.49. The quantitative estimate of drug-likeness (QED) is 0.255. The Morgan fingerprint density at radius 2 is 2.19 bits per heavy atom. The first kappa shape index (κ1) is 23.8. The molecule has 1 aliphatic rings. The normalized spacial score (nSPS) is 18.3. The first-order valence-corrected chi connectivity index (χ1v) is 11.2. The maximum atomic E-state index is 12.2. The minimum Gasteiger partial charge on any atom is -0.355 e. The van der Waals surface area contributed by atoms with Crippen LogP contribution in [0.3, 0.4) is 0 Å². The molecule has 0 radical (unpaired) electrons. The van der Waals surface area contributed by atoms with Crippen LogP contribution in [0.2, 0.25) is 5.02 Å². The molecule has 1 aromatic rings. The van der Waals surface area contributed by atoms with Gasteiger partial charge in [-0.05, 0) is 24.6 Å². The van der Waals surface area contributed by atoms with E-state index in [0.29, 0.717) is 16.8 Å². The number of sulfonamides is 1. The van der Waals surface area contributed by atoms with Gasteiger partial charge < -0.3 is 10.2 Å². The van der Waals surface area contributed by atoms with Crippen LogP contribution in [0.15, 0.2) is 34.2 Å². The molecule has 0 spiro atoms. The van der Waals surface area contributed by atoms with E-state index >= 15 is 0 Å². The van der Waals surface area contributed by atoms with Crippen molar-refractivity contribution >= 4 is 63.3 Å². The molecular weight excluding hydrogens is 507 g/mol. The zero-order valence-corrected chi connectivity index (χ0v) is 19.7. The van der Waals surface area contributed by atoms with Crippen molar-refractivity contribution in [1.82, 2.24) is 14.9 Å². The Hall–Kier alpha value is -0.230. The molecule has 6 nitrogen and oxygen atoms in total. The first-order chi connectivity index (χ1) is 12.0. The second kappa shape index (κ2) is 11.6. The average molecular weight is 533 g/mol. The molecule has 0 aromatic heterocycles. The van der Waals surface area contributed by atoms with Crippen molar-refractivity contribution in [2.45, 2.75) is 23.5 Å². The van der Waals surface area contributed by atoms with Gasteiger partial charge in [-0.3, -0.25) is 4.99 Å². The minimum atomic E-state index is -3.56. The fourth-order valence-corrected chi connectivity index (χ4v) is 5.08. The van der Waals surface area contributed by atoms with E-state index in [0.717, 1.165) is 31.2 Å². The molecule has 1 atom stereocenters. The number of nitrogens with zero attached hydrogens (tertiary/aromatic N) is 2. The van der Waals surface area contributed by atoms with Crippen molar-refractivity contribution in [3.05, 3.63) is 29.3 Å². The smallest absolute Gasteiger partial charge is 0.240 e. The van der Waals surface area contributed by atoms with Crippen LogP contribution < -0.4 is 10.0 Å². The van der Waals surface area contributed by atoms with Gasteiger partial charge in [-0.25, -0.2) is 13.1 Å². The highest BCUT2D eigenvalue weighted by Crippen LogP contribution is 2.21. The summed E-state index contributed by atoms with van der Waals surface area (Å²) in [6, 6.07) is 6.23. The highest BCUT2D eigenvalue weighted by atomic mass is 127. The van der Waals surface area contributed by atoms with Gasteiger partial charge in [0.1, 0.15) is 0 Å². The molecule has 1 heterocycles. The van der Waals surface area contributed by atoms with Gasteiger partial charge in [0.2, 0.25) is 10.0 Å². The zero-order chi connectivity index (χ0) is 18.3. The summed E-state index contributed by atoms with van der Waals surface area (Å²) in [4.78, 5) is 6.71. The van der Waals surface area contributed by atoms with Gasteiger partial charge >= 0.3 is 0 Å². The number of nitrogens with one attached hydrogen (secondary N) is 2. The van der Waals surface area contributed by atoms with Crippen molar-refractivity contribution in [2.24, 2.45) is 4.99 Å². The largest absolute Gasteiger partial charge is 0.355 e. The lowest BCUT2D eigenvalue weighted by Gasteiger charge is -2.34. The number of hydrogen-bond acceptors (Lipinski definition) is 4. The average Bonchev–Trinajstić information content (AvgIpc) is 2.62. The molecular formula is C16H26ClIN4O2S2. The van der Waals surface area contributed by atoms with Crippen LogP contribution in [0, 0.1) is 0 Å². The van der Waals surface area contributed by atoms with Crippen LogP contribution in [0.25, 0.3) is 0 Å². The predicted molar refractivity (Wildman–Crippen MR) is 122 cm³/mol. The number of thioether (sulfide) groups is 1. The highest BCUT2D eigenvalue weighted by Gasteiger charge is 2.21. The molecule has 2 rings (SSSR count). The minimum absolute atomic E-state index is 0. The third-order valence-electron chi connectivity index (χ3n) is 3.91. The van der Waals surface area contributed by atoms with Crippen LogP contribution in [0.1, 0.15) is 13.3 Å². The molecule has 0 amide bonds. The topological polar surface area (TPSA) is 73.8 Å². The van der Waals surface area contributed by atoms with Crippen molar-refractivity contribution in [1.29, 1.82) is 0 Å². The van der Waals surface area contributed by atoms with Gasteiger partial charge in [0.05, 0.1) is 4.90 Å². The standard InChI is InChI=1S/C16H25ClN4O2S2.HI/c1-3-14-12-21(9-10-24-14)16(18-2)19-7-8-20-25(22,23)15-6-4-5-13(17)11-15;/h4-6,11,14,20H,3,7-10,12H2,1-2H3,(H,18,19);1H. The van der Waals surface area contributed by atoms with Crippen molar-refractivity contribution in [2.75, 3.05) is 39.0 Å². The van der Waals surface area contributed by atoms with E-state index in [4.69, 9.17) is 11.6 Å². The number of hydrogen-bond donors (Lipinski definition) is 2. The van der Waals surface area contributed by atoms with E-state index in [-0.39, 0.29) is 35.4 Å². The molecule has 2 N–H and O–H groups in total. The Kier molecular flexibility index (Phi) is 10.6. The molecule has 10 heteroatoms. The van der Waals surface area contributed by atoms with Crippen molar-refractivity contribution in [3.63, 3.8) is 0 Å². The summed E-state index contributed by atoms with van der Waals surface area (Å²) in [5, 5.41) is 4.25. The second-order valence-corrected chi connectivity index (χ2v) is 9.29. The number of guanidine groups is 1. The monoisotopic (exact) mass is 532 g/mol. The predicted octanol–water partition coefficient (Wildman–Crippen LogP) is 2.64. The summed E-state index contributed by atoms with van der Waals surface area (Å²) < 4.78 is 27.1. The number of benzene rings is 1.